The first kappa shape index (κ1) is 21.1. The van der Waals surface area contributed by atoms with Crippen molar-refractivity contribution in [1.82, 2.24) is 15.5 Å². The Kier molecular flexibility index (Phi) is 5.37. The minimum Gasteiger partial charge on any atom is -0.481 e. The van der Waals surface area contributed by atoms with E-state index in [1.165, 1.54) is 4.88 Å². The molecule has 0 saturated carbocycles. The van der Waals surface area contributed by atoms with Crippen LogP contribution in [0.1, 0.15) is 53.0 Å². The lowest BCUT2D eigenvalue weighted by Crippen LogP contribution is -2.24. The molecule has 1 N–H and O–H groups in total. The Morgan fingerprint density at radius 1 is 1.30 bits per heavy atom. The maximum absolute atomic E-state index is 6.58. The molecule has 33 heavy (non-hydrogen) atoms. The molecule has 0 aliphatic carbocycles. The van der Waals surface area contributed by atoms with Gasteiger partial charge in [-0.3, -0.25) is 4.98 Å². The minimum atomic E-state index is -0.206. The fraction of sp³-hybridized carbons (Fsp3) is 0.360. The van der Waals surface area contributed by atoms with Crippen molar-refractivity contribution in [2.45, 2.75) is 44.9 Å². The van der Waals surface area contributed by atoms with E-state index in [-0.39, 0.29) is 12.2 Å². The van der Waals surface area contributed by atoms with Gasteiger partial charge in [-0.15, -0.1) is 11.3 Å². The molecule has 1 aromatic carbocycles. The highest BCUT2D eigenvalue weighted by molar-refractivity contribution is 7.19. The predicted molar refractivity (Wildman–Crippen MR) is 129 cm³/mol. The molecule has 0 saturated heterocycles. The number of hydrogen-bond donors (Lipinski definition) is 1. The van der Waals surface area contributed by atoms with E-state index in [1.807, 2.05) is 24.4 Å². The van der Waals surface area contributed by atoms with Crippen molar-refractivity contribution in [3.8, 4) is 16.9 Å². The Hall–Kier alpha value is -2.45. The first-order valence-electron chi connectivity index (χ1n) is 11.2. The summed E-state index contributed by atoms with van der Waals surface area (Å²) >= 11 is 8.31. The van der Waals surface area contributed by atoms with Crippen molar-refractivity contribution >= 4 is 33.2 Å². The molecule has 2 aliphatic rings. The summed E-state index contributed by atoms with van der Waals surface area (Å²) in [4.78, 5) is 5.78. The summed E-state index contributed by atoms with van der Waals surface area (Å²) in [6, 6.07) is 8.16. The lowest BCUT2D eigenvalue weighted by Gasteiger charge is -2.15. The molecule has 0 fully saturated rings. The zero-order valence-electron chi connectivity index (χ0n) is 18.5. The third kappa shape index (κ3) is 3.54. The maximum atomic E-state index is 6.58. The van der Waals surface area contributed by atoms with E-state index in [9.17, 15) is 0 Å². The van der Waals surface area contributed by atoms with Crippen LogP contribution in [-0.4, -0.2) is 23.8 Å². The van der Waals surface area contributed by atoms with Crippen molar-refractivity contribution in [1.29, 1.82) is 0 Å². The van der Waals surface area contributed by atoms with Crippen molar-refractivity contribution in [3.05, 3.63) is 62.9 Å². The summed E-state index contributed by atoms with van der Waals surface area (Å²) in [5.74, 6) is 1.68. The van der Waals surface area contributed by atoms with Crippen LogP contribution in [-0.2, 0) is 24.1 Å². The Labute approximate surface area is 200 Å². The molecule has 0 radical (unpaired) electrons. The third-order valence-corrected chi connectivity index (χ3v) is 7.99. The normalized spacial score (nSPS) is 18.2. The molecule has 0 bridgehead atoms. The quantitative estimate of drug-likeness (QED) is 0.375. The van der Waals surface area contributed by atoms with E-state index >= 15 is 0 Å². The molecule has 2 unspecified atom stereocenters. The number of hydrogen-bond acceptors (Lipinski definition) is 7. The van der Waals surface area contributed by atoms with Gasteiger partial charge < -0.3 is 19.3 Å². The topological polar surface area (TPSA) is 69.4 Å². The van der Waals surface area contributed by atoms with E-state index < -0.39 is 0 Å². The predicted octanol–water partition coefficient (Wildman–Crippen LogP) is 6.02. The van der Waals surface area contributed by atoms with Gasteiger partial charge in [0, 0.05) is 71.4 Å². The average molecular weight is 482 g/mol. The number of pyridine rings is 1. The molecule has 170 valence electrons. The molecule has 2 aliphatic heterocycles. The highest BCUT2D eigenvalue weighted by atomic mass is 35.5. The standard InChI is InChI=1S/C25H24ClN3O3S/c1-3-20(30-2)22-11-19-25(33-22)15(4-7-28-19)16-10-14(26)8-13-9-21(31-23(13)16)24-17-12-27-6-5-18(17)29-32-24/h4,7-8,10-11,20-21,27H,3,5-6,9,12H2,1-2H3. The summed E-state index contributed by atoms with van der Waals surface area (Å²) < 4.78 is 19.1. The van der Waals surface area contributed by atoms with Crippen molar-refractivity contribution < 1.29 is 14.0 Å². The molecular weight excluding hydrogens is 458 g/mol. The lowest BCUT2D eigenvalue weighted by molar-refractivity contribution is 0.103. The van der Waals surface area contributed by atoms with Crippen LogP contribution in [0.3, 0.4) is 0 Å². The van der Waals surface area contributed by atoms with Crippen LogP contribution < -0.4 is 10.1 Å². The number of aromatic nitrogens is 2. The van der Waals surface area contributed by atoms with Crippen LogP contribution in [0.5, 0.6) is 5.75 Å². The van der Waals surface area contributed by atoms with E-state index in [4.69, 9.17) is 25.6 Å². The molecule has 0 spiro atoms. The molecule has 3 aromatic heterocycles. The molecule has 2 atom stereocenters. The lowest BCUT2D eigenvalue weighted by atomic mass is 9.99. The third-order valence-electron chi connectivity index (χ3n) is 6.52. The van der Waals surface area contributed by atoms with Crippen molar-refractivity contribution in [3.63, 3.8) is 0 Å². The molecule has 6 nitrogen and oxygen atoms in total. The van der Waals surface area contributed by atoms with Crippen LogP contribution in [0.25, 0.3) is 21.3 Å². The summed E-state index contributed by atoms with van der Waals surface area (Å²) in [6.45, 7) is 3.81. The Bertz CT molecular complexity index is 1340. The minimum absolute atomic E-state index is 0.0639. The number of rotatable bonds is 5. The number of nitrogens with zero attached hydrogens (tertiary/aromatic N) is 2. The summed E-state index contributed by atoms with van der Waals surface area (Å²) in [5.41, 5.74) is 6.27. The highest BCUT2D eigenvalue weighted by Crippen LogP contribution is 2.48. The van der Waals surface area contributed by atoms with E-state index in [0.717, 1.165) is 75.6 Å². The van der Waals surface area contributed by atoms with Gasteiger partial charge in [-0.2, -0.15) is 0 Å². The zero-order valence-corrected chi connectivity index (χ0v) is 20.1. The molecule has 0 amide bonds. The molecular formula is C25H24ClN3O3S. The second kappa shape index (κ2) is 8.40. The Morgan fingerprint density at radius 2 is 2.21 bits per heavy atom. The van der Waals surface area contributed by atoms with Gasteiger partial charge >= 0.3 is 0 Å². The monoisotopic (exact) mass is 481 g/mol. The molecule has 5 heterocycles. The first-order valence-corrected chi connectivity index (χ1v) is 12.4. The molecule has 6 rings (SSSR count). The number of ether oxygens (including phenoxy) is 2. The summed E-state index contributed by atoms with van der Waals surface area (Å²) in [5, 5.41) is 8.40. The number of fused-ring (bicyclic) bond motifs is 3. The number of halogens is 1. The van der Waals surface area contributed by atoms with Gasteiger partial charge in [0.25, 0.3) is 0 Å². The average Bonchev–Trinajstić information content (AvgIpc) is 3.55. The van der Waals surface area contributed by atoms with Crippen molar-refractivity contribution in [2.75, 3.05) is 13.7 Å². The van der Waals surface area contributed by atoms with Gasteiger partial charge in [-0.1, -0.05) is 23.7 Å². The van der Waals surface area contributed by atoms with Crippen LogP contribution >= 0.6 is 22.9 Å². The number of methoxy groups -OCH3 is 1. The van der Waals surface area contributed by atoms with Crippen molar-refractivity contribution in [2.24, 2.45) is 0 Å². The maximum Gasteiger partial charge on any atom is 0.182 e. The highest BCUT2D eigenvalue weighted by Gasteiger charge is 2.34. The van der Waals surface area contributed by atoms with E-state index in [1.54, 1.807) is 18.4 Å². The van der Waals surface area contributed by atoms with Gasteiger partial charge in [0.05, 0.1) is 22.0 Å². The second-order valence-electron chi connectivity index (χ2n) is 8.51. The fourth-order valence-electron chi connectivity index (χ4n) is 4.90. The zero-order chi connectivity index (χ0) is 22.5. The van der Waals surface area contributed by atoms with E-state index in [2.05, 4.69) is 28.4 Å². The van der Waals surface area contributed by atoms with Gasteiger partial charge in [0.1, 0.15) is 5.75 Å². The Morgan fingerprint density at radius 3 is 3.06 bits per heavy atom. The smallest absolute Gasteiger partial charge is 0.182 e. The van der Waals surface area contributed by atoms with Crippen LogP contribution in [0, 0.1) is 0 Å². The van der Waals surface area contributed by atoms with Gasteiger partial charge in [0.2, 0.25) is 0 Å². The SMILES string of the molecule is CCC(OC)c1cc2nccc(-c3cc(Cl)cc4c3OC(c3onc5c3CNCC5)C4)c2s1. The number of nitrogens with one attached hydrogen (secondary N) is 1. The van der Waals surface area contributed by atoms with Crippen LogP contribution in [0.2, 0.25) is 5.02 Å². The number of thiophene rings is 1. The Balaban J connectivity index is 1.43. The van der Waals surface area contributed by atoms with E-state index in [0.29, 0.717) is 11.4 Å². The summed E-state index contributed by atoms with van der Waals surface area (Å²) in [6.07, 6.45) is 4.20. The van der Waals surface area contributed by atoms with Gasteiger partial charge in [-0.25, -0.2) is 0 Å². The first-order chi connectivity index (χ1) is 16.2. The summed E-state index contributed by atoms with van der Waals surface area (Å²) in [7, 11) is 1.75. The second-order valence-corrected chi connectivity index (χ2v) is 10.0. The van der Waals surface area contributed by atoms with Crippen LogP contribution in [0.15, 0.2) is 35.0 Å². The largest absolute Gasteiger partial charge is 0.481 e. The fourth-order valence-corrected chi connectivity index (χ4v) is 6.44. The number of benzene rings is 1. The molecule has 8 heteroatoms. The van der Waals surface area contributed by atoms with Gasteiger partial charge in [-0.05, 0) is 30.7 Å². The van der Waals surface area contributed by atoms with Gasteiger partial charge in [0.15, 0.2) is 11.9 Å². The van der Waals surface area contributed by atoms with Crippen LogP contribution in [0.4, 0.5) is 0 Å². The molecule has 4 aromatic rings.